The predicted octanol–water partition coefficient (Wildman–Crippen LogP) is 4.55. The molecule has 0 amide bonds. The van der Waals surface area contributed by atoms with Crippen molar-refractivity contribution in [3.8, 4) is 28.2 Å². The summed E-state index contributed by atoms with van der Waals surface area (Å²) >= 11 is 1.12. The van der Waals surface area contributed by atoms with Crippen LogP contribution in [0.25, 0.3) is 16.4 Å². The van der Waals surface area contributed by atoms with E-state index >= 15 is 0 Å². The molecule has 0 bridgehead atoms. The number of nitrogens with zero attached hydrogens (tertiary/aromatic N) is 3. The number of carboxylic acid groups (broad SMARTS) is 1. The Hall–Kier alpha value is -3.96. The lowest BCUT2D eigenvalue weighted by molar-refractivity contribution is -0.0648. The number of nitrogens with two attached hydrogens (primary N) is 1. The van der Waals surface area contributed by atoms with Crippen molar-refractivity contribution in [2.75, 3.05) is 13.2 Å². The van der Waals surface area contributed by atoms with Crippen LogP contribution in [0.2, 0.25) is 0 Å². The molecule has 1 aliphatic carbocycles. The largest absolute Gasteiger partial charge is 0.476 e. The summed E-state index contributed by atoms with van der Waals surface area (Å²) in [5, 5.41) is 21.2. The van der Waals surface area contributed by atoms with E-state index in [9.17, 15) is 27.1 Å². The highest BCUT2D eigenvalue weighted by Gasteiger charge is 2.32. The number of ether oxygens (including phenoxy) is 1. The summed E-state index contributed by atoms with van der Waals surface area (Å²) in [6.45, 7) is 2.87. The number of hydrogen-bond acceptors (Lipinski definition) is 7. The van der Waals surface area contributed by atoms with Crippen LogP contribution in [0.1, 0.15) is 52.6 Å². The molecule has 43 heavy (non-hydrogen) atoms. The normalized spacial score (nSPS) is 15.9. The van der Waals surface area contributed by atoms with Crippen molar-refractivity contribution >= 4 is 27.3 Å². The van der Waals surface area contributed by atoms with Crippen LogP contribution in [0.5, 0.6) is 0 Å². The first-order valence-corrected chi connectivity index (χ1v) is 15.8. The number of aromatic nitrogens is 3. The average molecular weight is 625 g/mol. The molecule has 0 spiro atoms. The van der Waals surface area contributed by atoms with Crippen molar-refractivity contribution < 1.29 is 31.8 Å². The SMILES string of the molecule is CC1(C#Cc2cc(-c3nn(-c4nc(C(=O)O)cs4)c(CC4CC4)c3Cc3ccc(S(N)(=O)=O)c(F)c3)ccc2F)COC1. The van der Waals surface area contributed by atoms with Crippen molar-refractivity contribution in [1.29, 1.82) is 0 Å². The Morgan fingerprint density at radius 1 is 1.21 bits per heavy atom. The molecule has 222 valence electrons. The molecule has 0 radical (unpaired) electrons. The lowest BCUT2D eigenvalue weighted by atomic mass is 9.89. The van der Waals surface area contributed by atoms with E-state index in [4.69, 9.17) is 15.0 Å². The lowest BCUT2D eigenvalue weighted by Gasteiger charge is -2.32. The zero-order chi connectivity index (χ0) is 30.5. The summed E-state index contributed by atoms with van der Waals surface area (Å²) in [5.74, 6) is 3.77. The molecule has 3 N–H and O–H groups in total. The molecular formula is C30H26F2N4O5S2. The molecule has 2 fully saturated rings. The van der Waals surface area contributed by atoms with Crippen molar-refractivity contribution in [3.05, 3.63) is 81.5 Å². The van der Waals surface area contributed by atoms with Gasteiger partial charge in [-0.25, -0.2) is 36.8 Å². The van der Waals surface area contributed by atoms with Gasteiger partial charge in [0.05, 0.1) is 35.6 Å². The molecule has 2 aromatic heterocycles. The van der Waals surface area contributed by atoms with Crippen LogP contribution in [-0.4, -0.2) is 47.5 Å². The highest BCUT2D eigenvalue weighted by Crippen LogP contribution is 2.38. The molecule has 3 heterocycles. The zero-order valence-electron chi connectivity index (χ0n) is 22.9. The van der Waals surface area contributed by atoms with Gasteiger partial charge >= 0.3 is 5.97 Å². The van der Waals surface area contributed by atoms with E-state index in [-0.39, 0.29) is 23.1 Å². The van der Waals surface area contributed by atoms with Crippen LogP contribution in [0.15, 0.2) is 46.7 Å². The minimum atomic E-state index is -4.25. The lowest BCUT2D eigenvalue weighted by Crippen LogP contribution is -2.38. The van der Waals surface area contributed by atoms with Gasteiger partial charge in [0.1, 0.15) is 16.5 Å². The minimum absolute atomic E-state index is 0.121. The number of hydrogen-bond donors (Lipinski definition) is 2. The number of benzene rings is 2. The molecule has 6 rings (SSSR count). The Morgan fingerprint density at radius 3 is 2.58 bits per heavy atom. The fraction of sp³-hybridized carbons (Fsp3) is 0.300. The summed E-state index contributed by atoms with van der Waals surface area (Å²) in [6.07, 6.45) is 2.78. The number of primary sulfonamides is 1. The number of carboxylic acids is 1. The molecule has 2 aliphatic rings. The van der Waals surface area contributed by atoms with Gasteiger partial charge < -0.3 is 9.84 Å². The second kappa shape index (κ2) is 10.9. The fourth-order valence-electron chi connectivity index (χ4n) is 4.88. The van der Waals surface area contributed by atoms with Crippen molar-refractivity contribution in [2.24, 2.45) is 16.5 Å². The minimum Gasteiger partial charge on any atom is -0.476 e. The van der Waals surface area contributed by atoms with E-state index in [1.54, 1.807) is 16.8 Å². The van der Waals surface area contributed by atoms with Crippen molar-refractivity contribution in [3.63, 3.8) is 0 Å². The van der Waals surface area contributed by atoms with Crippen molar-refractivity contribution in [1.82, 2.24) is 14.8 Å². The van der Waals surface area contributed by atoms with E-state index < -0.39 is 32.5 Å². The summed E-state index contributed by atoms with van der Waals surface area (Å²) in [6, 6.07) is 8.24. The monoisotopic (exact) mass is 624 g/mol. The maximum atomic E-state index is 14.9. The summed E-state index contributed by atoms with van der Waals surface area (Å²) in [4.78, 5) is 15.2. The second-order valence-electron chi connectivity index (χ2n) is 11.1. The van der Waals surface area contributed by atoms with Crippen LogP contribution in [0.4, 0.5) is 8.78 Å². The molecule has 2 aromatic carbocycles. The van der Waals surface area contributed by atoms with Gasteiger partial charge in [0.2, 0.25) is 15.2 Å². The molecule has 1 aliphatic heterocycles. The Morgan fingerprint density at radius 2 is 1.98 bits per heavy atom. The van der Waals surface area contributed by atoms with Crippen LogP contribution in [-0.2, 0) is 27.6 Å². The van der Waals surface area contributed by atoms with Gasteiger partial charge in [0.25, 0.3) is 0 Å². The van der Waals surface area contributed by atoms with E-state index in [1.165, 1.54) is 17.5 Å². The Kier molecular flexibility index (Phi) is 7.42. The highest BCUT2D eigenvalue weighted by atomic mass is 32.2. The van der Waals surface area contributed by atoms with Crippen molar-refractivity contribution in [2.45, 2.75) is 37.5 Å². The van der Waals surface area contributed by atoms with E-state index in [1.807, 2.05) is 6.92 Å². The van der Waals surface area contributed by atoms with Gasteiger partial charge in [0, 0.05) is 22.9 Å². The van der Waals surface area contributed by atoms with Crippen LogP contribution in [0, 0.1) is 34.8 Å². The summed E-state index contributed by atoms with van der Waals surface area (Å²) in [5.41, 5.74) is 2.66. The topological polar surface area (TPSA) is 137 Å². The first-order valence-electron chi connectivity index (χ1n) is 13.4. The quantitative estimate of drug-likeness (QED) is 0.275. The zero-order valence-corrected chi connectivity index (χ0v) is 24.6. The van der Waals surface area contributed by atoms with Gasteiger partial charge in [-0.1, -0.05) is 17.9 Å². The van der Waals surface area contributed by atoms with Crippen LogP contribution >= 0.6 is 11.3 Å². The van der Waals surface area contributed by atoms with E-state index in [2.05, 4.69) is 16.8 Å². The Labute approximate surface area is 250 Å². The average Bonchev–Trinajstić information content (AvgIpc) is 3.49. The highest BCUT2D eigenvalue weighted by molar-refractivity contribution is 7.89. The Bertz CT molecular complexity index is 1930. The molecule has 4 aromatic rings. The first kappa shape index (κ1) is 29.1. The maximum Gasteiger partial charge on any atom is 0.355 e. The van der Waals surface area contributed by atoms with Gasteiger partial charge in [0.15, 0.2) is 5.69 Å². The predicted molar refractivity (Wildman–Crippen MR) is 154 cm³/mol. The number of aromatic carboxylic acids is 1. The standard InChI is InChI=1S/C30H26F2N4O5S2/c1-30(15-41-16-30)9-8-19-13-20(5-6-22(19)31)27-21(10-18-4-7-26(23(32)11-18)43(33,39)40)25(12-17-2-3-17)36(35-27)29-34-24(14-42-29)28(37)38/h4-7,11,13-14,17H,2-3,10,12,15-16H2,1H3,(H,37,38)(H2,33,39,40). The number of sulfonamides is 1. The third-order valence-electron chi connectivity index (χ3n) is 7.42. The van der Waals surface area contributed by atoms with Crippen LogP contribution in [0.3, 0.4) is 0 Å². The van der Waals surface area contributed by atoms with E-state index in [0.717, 1.165) is 42.0 Å². The van der Waals surface area contributed by atoms with Crippen LogP contribution < -0.4 is 5.14 Å². The second-order valence-corrected chi connectivity index (χ2v) is 13.5. The van der Waals surface area contributed by atoms with Gasteiger partial charge in [-0.2, -0.15) is 5.10 Å². The number of carbonyl (C=O) groups is 1. The third kappa shape index (κ3) is 6.09. The van der Waals surface area contributed by atoms with Gasteiger partial charge in [-0.15, -0.1) is 11.3 Å². The molecule has 0 atom stereocenters. The molecule has 1 saturated heterocycles. The maximum absolute atomic E-state index is 14.9. The summed E-state index contributed by atoms with van der Waals surface area (Å²) in [7, 11) is -4.25. The number of halogens is 2. The molecular weight excluding hydrogens is 598 g/mol. The summed E-state index contributed by atoms with van der Waals surface area (Å²) < 4.78 is 60.2. The first-order chi connectivity index (χ1) is 20.4. The smallest absolute Gasteiger partial charge is 0.355 e. The Balaban J connectivity index is 1.51. The van der Waals surface area contributed by atoms with E-state index in [0.29, 0.717) is 53.1 Å². The molecule has 13 heteroatoms. The fourth-order valence-corrected chi connectivity index (χ4v) is 6.24. The number of rotatable bonds is 8. The third-order valence-corrected chi connectivity index (χ3v) is 9.19. The van der Waals surface area contributed by atoms with Gasteiger partial charge in [-0.3, -0.25) is 0 Å². The number of thiazole rings is 1. The molecule has 9 nitrogen and oxygen atoms in total. The molecule has 0 unspecified atom stereocenters. The molecule has 1 saturated carbocycles. The van der Waals surface area contributed by atoms with Gasteiger partial charge in [-0.05, 0) is 68.0 Å².